The van der Waals surface area contributed by atoms with Crippen molar-refractivity contribution in [3.05, 3.63) is 29.6 Å². The molecular weight excluding hydrogens is 186 g/mol. The molecule has 1 rings (SSSR count). The molecule has 3 nitrogen and oxygen atoms in total. The van der Waals surface area contributed by atoms with E-state index in [0.717, 1.165) is 12.0 Å². The summed E-state index contributed by atoms with van der Waals surface area (Å²) in [7, 11) is 0. The first kappa shape index (κ1) is 11.9. The Balaban J connectivity index is 0.00000144. The first-order valence-electron chi connectivity index (χ1n) is 3.88. The van der Waals surface area contributed by atoms with Crippen molar-refractivity contribution in [3.63, 3.8) is 0 Å². The summed E-state index contributed by atoms with van der Waals surface area (Å²) in [5.74, 6) is 0. The van der Waals surface area contributed by atoms with Gasteiger partial charge in [0.15, 0.2) is 0 Å². The Bertz CT molecular complexity index is 306. The van der Waals surface area contributed by atoms with Gasteiger partial charge in [0.05, 0.1) is 5.56 Å². The van der Waals surface area contributed by atoms with Crippen molar-refractivity contribution >= 4 is 12.4 Å². The summed E-state index contributed by atoms with van der Waals surface area (Å²) >= 11 is 0. The van der Waals surface area contributed by atoms with Crippen molar-refractivity contribution in [2.75, 3.05) is 0 Å². The lowest BCUT2D eigenvalue weighted by atomic mass is 10.1. The maximum Gasteiger partial charge on any atom is 0.101 e. The Morgan fingerprint density at radius 2 is 2.31 bits per heavy atom. The summed E-state index contributed by atoms with van der Waals surface area (Å²) in [5.41, 5.74) is 7.26. The SMILES string of the molecule is CC[C@@H](N)c1cncc(C#N)c1.Cl. The zero-order valence-corrected chi connectivity index (χ0v) is 8.21. The van der Waals surface area contributed by atoms with Crippen LogP contribution >= 0.6 is 12.4 Å². The number of hydrogen-bond acceptors (Lipinski definition) is 3. The topological polar surface area (TPSA) is 62.7 Å². The lowest BCUT2D eigenvalue weighted by Gasteiger charge is -2.07. The molecule has 0 amide bonds. The van der Waals surface area contributed by atoms with Crippen LogP contribution in [0.2, 0.25) is 0 Å². The molecule has 1 atom stereocenters. The van der Waals surface area contributed by atoms with E-state index in [1.807, 2.05) is 13.0 Å². The van der Waals surface area contributed by atoms with Gasteiger partial charge in [-0.1, -0.05) is 6.92 Å². The minimum atomic E-state index is -0.00852. The fraction of sp³-hybridized carbons (Fsp3) is 0.333. The normalized spacial score (nSPS) is 11.2. The smallest absolute Gasteiger partial charge is 0.101 e. The predicted octanol–water partition coefficient (Wildman–Crippen LogP) is 1.78. The molecule has 0 saturated carbocycles. The summed E-state index contributed by atoms with van der Waals surface area (Å²) in [6.07, 6.45) is 4.09. The Hall–Kier alpha value is -1.11. The van der Waals surface area contributed by atoms with Crippen LogP contribution in [0.5, 0.6) is 0 Å². The highest BCUT2D eigenvalue weighted by atomic mass is 35.5. The van der Waals surface area contributed by atoms with E-state index in [-0.39, 0.29) is 18.4 Å². The van der Waals surface area contributed by atoms with E-state index in [1.54, 1.807) is 12.3 Å². The molecule has 0 aliphatic carbocycles. The van der Waals surface area contributed by atoms with Gasteiger partial charge in [0.1, 0.15) is 6.07 Å². The minimum absolute atomic E-state index is 0. The Kier molecular flexibility index (Phi) is 5.05. The summed E-state index contributed by atoms with van der Waals surface area (Å²) in [4.78, 5) is 3.92. The standard InChI is InChI=1S/C9H11N3.ClH/c1-2-9(11)8-3-7(4-10)5-12-6-8;/h3,5-6,9H,2,11H2,1H3;1H/t9-;/m1./s1. The second-order valence-electron chi connectivity index (χ2n) is 2.63. The fourth-order valence-corrected chi connectivity index (χ4v) is 0.957. The summed E-state index contributed by atoms with van der Waals surface area (Å²) in [6, 6.07) is 3.80. The average molecular weight is 198 g/mol. The van der Waals surface area contributed by atoms with Crippen LogP contribution in [0.4, 0.5) is 0 Å². The van der Waals surface area contributed by atoms with Crippen molar-refractivity contribution in [1.82, 2.24) is 4.98 Å². The molecule has 70 valence electrons. The number of nitrogens with zero attached hydrogens (tertiary/aromatic N) is 2. The highest BCUT2D eigenvalue weighted by Gasteiger charge is 2.03. The zero-order chi connectivity index (χ0) is 8.97. The highest BCUT2D eigenvalue weighted by molar-refractivity contribution is 5.85. The van der Waals surface area contributed by atoms with Gasteiger partial charge in [-0.05, 0) is 18.1 Å². The van der Waals surface area contributed by atoms with E-state index in [0.29, 0.717) is 5.56 Å². The van der Waals surface area contributed by atoms with Crippen LogP contribution in [0.3, 0.4) is 0 Å². The van der Waals surface area contributed by atoms with Gasteiger partial charge >= 0.3 is 0 Å². The molecular formula is C9H12ClN3. The van der Waals surface area contributed by atoms with Gasteiger partial charge in [0.2, 0.25) is 0 Å². The van der Waals surface area contributed by atoms with E-state index in [9.17, 15) is 0 Å². The van der Waals surface area contributed by atoms with Gasteiger partial charge in [-0.2, -0.15) is 5.26 Å². The number of pyridine rings is 1. The molecule has 0 unspecified atom stereocenters. The van der Waals surface area contributed by atoms with Gasteiger partial charge < -0.3 is 5.73 Å². The number of aromatic nitrogens is 1. The highest BCUT2D eigenvalue weighted by Crippen LogP contribution is 2.12. The van der Waals surface area contributed by atoms with Crippen molar-refractivity contribution < 1.29 is 0 Å². The number of halogens is 1. The molecule has 2 N–H and O–H groups in total. The monoisotopic (exact) mass is 197 g/mol. The molecule has 0 fully saturated rings. The molecule has 13 heavy (non-hydrogen) atoms. The van der Waals surface area contributed by atoms with Crippen LogP contribution < -0.4 is 5.73 Å². The van der Waals surface area contributed by atoms with Gasteiger partial charge in [-0.25, -0.2) is 0 Å². The lowest BCUT2D eigenvalue weighted by molar-refractivity contribution is 0.695. The van der Waals surface area contributed by atoms with Crippen molar-refractivity contribution in [2.45, 2.75) is 19.4 Å². The molecule has 1 heterocycles. The van der Waals surface area contributed by atoms with Crippen LogP contribution in [0.15, 0.2) is 18.5 Å². The van der Waals surface area contributed by atoms with E-state index in [4.69, 9.17) is 11.0 Å². The molecule has 0 bridgehead atoms. The Morgan fingerprint density at radius 1 is 1.62 bits per heavy atom. The second kappa shape index (κ2) is 5.52. The molecule has 1 aromatic heterocycles. The molecule has 0 spiro atoms. The third kappa shape index (κ3) is 3.02. The van der Waals surface area contributed by atoms with E-state index < -0.39 is 0 Å². The first-order valence-corrected chi connectivity index (χ1v) is 3.88. The van der Waals surface area contributed by atoms with Crippen LogP contribution in [0.25, 0.3) is 0 Å². The fourth-order valence-electron chi connectivity index (χ4n) is 0.957. The van der Waals surface area contributed by atoms with Gasteiger partial charge in [-0.3, -0.25) is 4.98 Å². The van der Waals surface area contributed by atoms with Crippen molar-refractivity contribution in [2.24, 2.45) is 5.73 Å². The van der Waals surface area contributed by atoms with Crippen LogP contribution in [0.1, 0.15) is 30.5 Å². The van der Waals surface area contributed by atoms with Crippen LogP contribution in [-0.4, -0.2) is 4.98 Å². The summed E-state index contributed by atoms with van der Waals surface area (Å²) < 4.78 is 0. The third-order valence-electron chi connectivity index (χ3n) is 1.76. The first-order chi connectivity index (χ1) is 5.77. The molecule has 0 aliphatic rings. The van der Waals surface area contributed by atoms with Crippen LogP contribution in [0, 0.1) is 11.3 Å². The third-order valence-corrected chi connectivity index (χ3v) is 1.76. The number of nitrogens with two attached hydrogens (primary N) is 1. The maximum absolute atomic E-state index is 8.59. The predicted molar refractivity (Wildman–Crippen MR) is 53.4 cm³/mol. The number of rotatable bonds is 2. The molecule has 0 aromatic carbocycles. The van der Waals surface area contributed by atoms with E-state index in [2.05, 4.69) is 4.98 Å². The van der Waals surface area contributed by atoms with E-state index in [1.165, 1.54) is 6.20 Å². The summed E-state index contributed by atoms with van der Waals surface area (Å²) in [6.45, 7) is 2.00. The molecule has 1 aromatic rings. The van der Waals surface area contributed by atoms with Crippen molar-refractivity contribution in [1.29, 1.82) is 5.26 Å². The largest absolute Gasteiger partial charge is 0.324 e. The zero-order valence-electron chi connectivity index (χ0n) is 7.40. The Labute approximate surface area is 84.0 Å². The quantitative estimate of drug-likeness (QED) is 0.786. The van der Waals surface area contributed by atoms with Crippen molar-refractivity contribution in [3.8, 4) is 6.07 Å². The van der Waals surface area contributed by atoms with Crippen LogP contribution in [-0.2, 0) is 0 Å². The van der Waals surface area contributed by atoms with E-state index >= 15 is 0 Å². The molecule has 0 radical (unpaired) electrons. The number of nitriles is 1. The molecule has 0 saturated heterocycles. The second-order valence-corrected chi connectivity index (χ2v) is 2.63. The Morgan fingerprint density at radius 3 is 2.85 bits per heavy atom. The van der Waals surface area contributed by atoms with Gasteiger partial charge in [0.25, 0.3) is 0 Å². The number of hydrogen-bond donors (Lipinski definition) is 1. The average Bonchev–Trinajstić information content (AvgIpc) is 2.17. The minimum Gasteiger partial charge on any atom is -0.324 e. The maximum atomic E-state index is 8.59. The van der Waals surface area contributed by atoms with Gasteiger partial charge in [-0.15, -0.1) is 12.4 Å². The molecule has 4 heteroatoms. The molecule has 0 aliphatic heterocycles. The summed E-state index contributed by atoms with van der Waals surface area (Å²) in [5, 5.41) is 8.59. The lowest BCUT2D eigenvalue weighted by Crippen LogP contribution is -2.08. The van der Waals surface area contributed by atoms with Gasteiger partial charge in [0, 0.05) is 18.4 Å².